The number of carboxylic acids is 1. The van der Waals surface area contributed by atoms with Crippen molar-refractivity contribution in [3.05, 3.63) is 52.9 Å². The van der Waals surface area contributed by atoms with Gasteiger partial charge in [-0.15, -0.1) is 0 Å². The lowest BCUT2D eigenvalue weighted by Crippen LogP contribution is -2.30. The molecule has 1 aromatic heterocycles. The van der Waals surface area contributed by atoms with Crippen LogP contribution in [0.2, 0.25) is 0 Å². The average Bonchev–Trinajstić information content (AvgIpc) is 2.72. The molecule has 2 heterocycles. The standard InChI is InChI=1S/C20H19F2N3O6S/c1-10-19(32(30,31)14-7-12(21)6-13(22)8-14)16(11-2-4-23-5-3-11)18(28)17(25-10)20(29)24-9-15(26)27/h2,6-8,23,28H,3-5,9H2,1H3,(H,24,29)(H,26,27). The van der Waals surface area contributed by atoms with Crippen molar-refractivity contribution in [1.82, 2.24) is 15.6 Å². The van der Waals surface area contributed by atoms with Gasteiger partial charge in [0.1, 0.15) is 23.1 Å². The number of carboxylic acid groups (broad SMARTS) is 1. The number of amides is 1. The molecule has 0 unspecified atom stereocenters. The van der Waals surface area contributed by atoms with Crippen LogP contribution in [0.1, 0.15) is 28.2 Å². The minimum atomic E-state index is -4.57. The SMILES string of the molecule is Cc1nc(C(=O)NCC(=O)O)c(O)c(C2=CCNCC2)c1S(=O)(=O)c1cc(F)cc(F)c1. The number of nitrogens with one attached hydrogen (secondary N) is 2. The molecule has 3 rings (SSSR count). The molecule has 12 heteroatoms. The largest absolute Gasteiger partial charge is 0.505 e. The third-order valence-corrected chi connectivity index (χ3v) is 6.60. The van der Waals surface area contributed by atoms with Crippen LogP contribution in [0.4, 0.5) is 8.78 Å². The number of aryl methyl sites for hydroxylation is 1. The molecule has 32 heavy (non-hydrogen) atoms. The Morgan fingerprint density at radius 1 is 1.22 bits per heavy atom. The summed E-state index contributed by atoms with van der Waals surface area (Å²) in [6.45, 7) is 1.32. The second-order valence-corrected chi connectivity index (χ2v) is 8.85. The molecule has 9 nitrogen and oxygen atoms in total. The summed E-state index contributed by atoms with van der Waals surface area (Å²) < 4.78 is 54.2. The van der Waals surface area contributed by atoms with Crippen LogP contribution in [-0.2, 0) is 14.6 Å². The molecule has 2 aromatic rings. The van der Waals surface area contributed by atoms with Gasteiger partial charge in [0.2, 0.25) is 9.84 Å². The van der Waals surface area contributed by atoms with Gasteiger partial charge in [0.25, 0.3) is 5.91 Å². The van der Waals surface area contributed by atoms with Crippen LogP contribution in [0.25, 0.3) is 5.57 Å². The Labute approximate surface area is 181 Å². The molecule has 1 aliphatic rings. The van der Waals surface area contributed by atoms with Crippen molar-refractivity contribution in [2.45, 2.75) is 23.1 Å². The number of pyridine rings is 1. The number of aliphatic carboxylic acids is 1. The molecule has 0 aliphatic carbocycles. The first-order chi connectivity index (χ1) is 15.0. The number of carbonyl (C=O) groups excluding carboxylic acids is 1. The smallest absolute Gasteiger partial charge is 0.322 e. The predicted octanol–water partition coefficient (Wildman–Crippen LogP) is 1.40. The van der Waals surface area contributed by atoms with E-state index in [4.69, 9.17) is 5.11 Å². The molecule has 0 spiro atoms. The van der Waals surface area contributed by atoms with Crippen molar-refractivity contribution in [2.24, 2.45) is 0 Å². The van der Waals surface area contributed by atoms with Crippen molar-refractivity contribution in [3.8, 4) is 5.75 Å². The van der Waals surface area contributed by atoms with E-state index in [1.54, 1.807) is 6.08 Å². The number of hydrogen-bond donors (Lipinski definition) is 4. The third-order valence-electron chi connectivity index (χ3n) is 4.71. The molecule has 0 saturated heterocycles. The summed E-state index contributed by atoms with van der Waals surface area (Å²) in [7, 11) is -4.57. The summed E-state index contributed by atoms with van der Waals surface area (Å²) in [4.78, 5) is 25.8. The highest BCUT2D eigenvalue weighted by atomic mass is 32.2. The van der Waals surface area contributed by atoms with E-state index in [0.29, 0.717) is 36.9 Å². The van der Waals surface area contributed by atoms with E-state index in [0.717, 1.165) is 0 Å². The van der Waals surface area contributed by atoms with E-state index >= 15 is 0 Å². The number of nitrogens with zero attached hydrogens (tertiary/aromatic N) is 1. The zero-order valence-corrected chi connectivity index (χ0v) is 17.6. The first kappa shape index (κ1) is 23.3. The number of benzene rings is 1. The summed E-state index contributed by atoms with van der Waals surface area (Å²) in [6, 6.07) is 1.81. The molecule has 0 atom stereocenters. The van der Waals surface area contributed by atoms with Gasteiger partial charge < -0.3 is 20.8 Å². The van der Waals surface area contributed by atoms with E-state index in [-0.39, 0.29) is 17.7 Å². The molecule has 1 aromatic carbocycles. The lowest BCUT2D eigenvalue weighted by molar-refractivity contribution is -0.135. The summed E-state index contributed by atoms with van der Waals surface area (Å²) >= 11 is 0. The van der Waals surface area contributed by atoms with Gasteiger partial charge in [0.15, 0.2) is 11.4 Å². The highest BCUT2D eigenvalue weighted by Gasteiger charge is 2.33. The fourth-order valence-corrected chi connectivity index (χ4v) is 5.06. The zero-order chi connectivity index (χ0) is 23.6. The maximum atomic E-state index is 13.7. The molecule has 0 saturated carbocycles. The van der Waals surface area contributed by atoms with Crippen molar-refractivity contribution in [2.75, 3.05) is 19.6 Å². The van der Waals surface area contributed by atoms with Gasteiger partial charge in [-0.3, -0.25) is 9.59 Å². The molecule has 0 bridgehead atoms. The van der Waals surface area contributed by atoms with Gasteiger partial charge >= 0.3 is 5.97 Å². The second kappa shape index (κ2) is 9.01. The van der Waals surface area contributed by atoms with E-state index in [1.807, 2.05) is 0 Å². The van der Waals surface area contributed by atoms with Crippen LogP contribution in [0, 0.1) is 18.6 Å². The van der Waals surface area contributed by atoms with Gasteiger partial charge in [0, 0.05) is 18.2 Å². The Bertz CT molecular complexity index is 1220. The Morgan fingerprint density at radius 2 is 1.88 bits per heavy atom. The van der Waals surface area contributed by atoms with Gasteiger partial charge in [-0.1, -0.05) is 6.08 Å². The molecular weight excluding hydrogens is 448 g/mol. The fraction of sp³-hybridized carbons (Fsp3) is 0.250. The molecule has 1 amide bonds. The van der Waals surface area contributed by atoms with E-state index in [1.165, 1.54) is 6.92 Å². The highest BCUT2D eigenvalue weighted by molar-refractivity contribution is 7.91. The number of hydrogen-bond acceptors (Lipinski definition) is 7. The van der Waals surface area contributed by atoms with Crippen molar-refractivity contribution in [1.29, 1.82) is 0 Å². The maximum Gasteiger partial charge on any atom is 0.322 e. The number of aromatic nitrogens is 1. The number of carbonyl (C=O) groups is 2. The van der Waals surface area contributed by atoms with Crippen LogP contribution < -0.4 is 10.6 Å². The lowest BCUT2D eigenvalue weighted by atomic mass is 9.98. The molecule has 0 fully saturated rings. The summed E-state index contributed by atoms with van der Waals surface area (Å²) in [5.41, 5.74) is -0.608. The fourth-order valence-electron chi connectivity index (χ4n) is 3.35. The predicted molar refractivity (Wildman–Crippen MR) is 108 cm³/mol. The number of rotatable bonds is 6. The summed E-state index contributed by atoms with van der Waals surface area (Å²) in [5, 5.41) is 24.7. The molecular formula is C20H19F2N3O6S. The minimum absolute atomic E-state index is 0.206. The zero-order valence-electron chi connectivity index (χ0n) is 16.8. The highest BCUT2D eigenvalue weighted by Crippen LogP contribution is 2.40. The monoisotopic (exact) mass is 467 g/mol. The van der Waals surface area contributed by atoms with Gasteiger partial charge in [-0.05, 0) is 37.6 Å². The minimum Gasteiger partial charge on any atom is -0.505 e. The summed E-state index contributed by atoms with van der Waals surface area (Å²) in [5.74, 6) is -5.34. The van der Waals surface area contributed by atoms with Crippen LogP contribution in [0.15, 0.2) is 34.1 Å². The number of sulfone groups is 1. The van der Waals surface area contributed by atoms with Gasteiger partial charge in [-0.2, -0.15) is 0 Å². The summed E-state index contributed by atoms with van der Waals surface area (Å²) in [6.07, 6.45) is 1.90. The van der Waals surface area contributed by atoms with Crippen LogP contribution in [0.5, 0.6) is 5.75 Å². The average molecular weight is 467 g/mol. The molecule has 4 N–H and O–H groups in total. The van der Waals surface area contributed by atoms with E-state index in [9.17, 15) is 31.9 Å². The normalized spacial score (nSPS) is 14.0. The van der Waals surface area contributed by atoms with E-state index in [2.05, 4.69) is 15.6 Å². The second-order valence-electron chi connectivity index (χ2n) is 6.97. The van der Waals surface area contributed by atoms with Crippen molar-refractivity contribution < 1.29 is 37.0 Å². The first-order valence-corrected chi connectivity index (χ1v) is 10.9. The number of aromatic hydroxyl groups is 1. The van der Waals surface area contributed by atoms with Crippen molar-refractivity contribution >= 4 is 27.3 Å². The number of halogens is 2. The van der Waals surface area contributed by atoms with E-state index < -0.39 is 61.1 Å². The molecule has 1 aliphatic heterocycles. The maximum absolute atomic E-state index is 13.7. The van der Waals surface area contributed by atoms with Crippen LogP contribution >= 0.6 is 0 Å². The Morgan fingerprint density at radius 3 is 2.44 bits per heavy atom. The van der Waals surface area contributed by atoms with Crippen LogP contribution in [0.3, 0.4) is 0 Å². The quantitative estimate of drug-likeness (QED) is 0.499. The Balaban J connectivity index is 2.28. The first-order valence-electron chi connectivity index (χ1n) is 9.37. The molecule has 170 valence electrons. The molecule has 0 radical (unpaired) electrons. The lowest BCUT2D eigenvalue weighted by Gasteiger charge is -2.21. The van der Waals surface area contributed by atoms with Crippen molar-refractivity contribution in [3.63, 3.8) is 0 Å². The topological polar surface area (TPSA) is 146 Å². The Hall–Kier alpha value is -3.38. The third kappa shape index (κ3) is 4.60. The Kier molecular flexibility index (Phi) is 6.55. The van der Waals surface area contributed by atoms with Gasteiger partial charge in [-0.25, -0.2) is 22.2 Å². The van der Waals surface area contributed by atoms with Crippen LogP contribution in [-0.4, -0.2) is 55.1 Å². The van der Waals surface area contributed by atoms with Gasteiger partial charge in [0.05, 0.1) is 10.6 Å².